The zero-order valence-corrected chi connectivity index (χ0v) is 51.1. The van der Waals surface area contributed by atoms with E-state index in [4.69, 9.17) is 0 Å². The lowest BCUT2D eigenvalue weighted by molar-refractivity contribution is 0.381. The molecule has 0 radical (unpaired) electrons. The highest BCUT2D eigenvalue weighted by Gasteiger charge is 2.32. The molecule has 0 unspecified atom stereocenters. The average Bonchev–Trinajstić information content (AvgIpc) is 1.51. The van der Waals surface area contributed by atoms with E-state index in [2.05, 4.69) is 217 Å². The third-order valence-corrected chi connectivity index (χ3v) is 20.2. The topological polar surface area (TPSA) is 29.6 Å². The van der Waals surface area contributed by atoms with Crippen LogP contribution in [0, 0.1) is 36.0 Å². The summed E-state index contributed by atoms with van der Waals surface area (Å²) in [7, 11) is 0. The van der Waals surface area contributed by atoms with E-state index in [1.807, 2.05) is 84.3 Å². The molecule has 14 aromatic carbocycles. The molecule has 20 rings (SSSR count). The van der Waals surface area contributed by atoms with Gasteiger partial charge in [-0.2, -0.15) is 0 Å². The van der Waals surface area contributed by atoms with Crippen molar-refractivity contribution in [2.45, 2.75) is 6.92 Å². The molecule has 0 fully saturated rings. The lowest BCUT2D eigenvalue weighted by atomic mass is 9.96. The Morgan fingerprint density at radius 2 is 0.438 bits per heavy atom. The van der Waals surface area contributed by atoms with Crippen LogP contribution < -0.4 is 0 Å². The van der Waals surface area contributed by atoms with Gasteiger partial charge in [0.05, 0.1) is 83.1 Å². The van der Waals surface area contributed by atoms with Crippen LogP contribution in [0.3, 0.4) is 0 Å². The lowest BCUT2D eigenvalue weighted by Gasteiger charge is -2.22. The zero-order chi connectivity index (χ0) is 63.9. The van der Waals surface area contributed by atoms with E-state index in [1.54, 1.807) is 6.07 Å². The average molecular weight is 1250 g/mol. The number of benzene rings is 14. The summed E-state index contributed by atoms with van der Waals surface area (Å²) in [6.45, 7) is 1.90. The third-order valence-electron chi connectivity index (χ3n) is 20.2. The molecule has 20 aromatic rings. The molecule has 0 aliphatic heterocycles. The van der Waals surface area contributed by atoms with Crippen molar-refractivity contribution < 1.29 is 22.0 Å². The predicted molar refractivity (Wildman–Crippen MR) is 382 cm³/mol. The number of nitrogens with zero attached hydrogens (tertiary/aromatic N) is 6. The van der Waals surface area contributed by atoms with Crippen LogP contribution in [-0.2, 0) is 0 Å². The fourth-order valence-corrected chi connectivity index (χ4v) is 16.1. The molecule has 0 aliphatic carbocycles. The van der Waals surface area contributed by atoms with Crippen LogP contribution in [0.1, 0.15) is 5.56 Å². The van der Waals surface area contributed by atoms with Crippen molar-refractivity contribution >= 4 is 131 Å². The van der Waals surface area contributed by atoms with E-state index in [0.29, 0.717) is 22.3 Å². The van der Waals surface area contributed by atoms with Gasteiger partial charge in [0.25, 0.3) is 0 Å². The van der Waals surface area contributed by atoms with Crippen molar-refractivity contribution in [2.75, 3.05) is 0 Å². The first-order valence-electron chi connectivity index (χ1n) is 32.0. The number of halogens is 5. The van der Waals surface area contributed by atoms with Gasteiger partial charge in [0.15, 0.2) is 23.3 Å². The Kier molecular flexibility index (Phi) is 11.3. The molecule has 96 heavy (non-hydrogen) atoms. The summed E-state index contributed by atoms with van der Waals surface area (Å²) in [5.74, 6) is -10.2. The summed E-state index contributed by atoms with van der Waals surface area (Å²) < 4.78 is 96.1. The van der Waals surface area contributed by atoms with Gasteiger partial charge < -0.3 is 27.4 Å². The number of aromatic nitrogens is 6. The Hall–Kier alpha value is -12.5. The van der Waals surface area contributed by atoms with Crippen LogP contribution in [0.2, 0.25) is 0 Å². The van der Waals surface area contributed by atoms with E-state index >= 15 is 22.0 Å². The van der Waals surface area contributed by atoms with Gasteiger partial charge >= 0.3 is 0 Å². The van der Waals surface area contributed by atoms with Crippen LogP contribution in [0.4, 0.5) is 22.0 Å². The van der Waals surface area contributed by atoms with Crippen molar-refractivity contribution in [1.82, 2.24) is 27.4 Å². The van der Waals surface area contributed by atoms with Crippen LogP contribution >= 0.6 is 0 Å². The highest BCUT2D eigenvalue weighted by molar-refractivity contribution is 6.17. The molecule has 6 nitrogen and oxygen atoms in total. The molecule has 0 N–H and O–H groups in total. The zero-order valence-electron chi connectivity index (χ0n) is 51.1. The molecule has 0 atom stereocenters. The monoisotopic (exact) mass is 1250 g/mol. The Morgan fingerprint density at radius 3 is 0.708 bits per heavy atom. The van der Waals surface area contributed by atoms with E-state index in [1.165, 1.54) is 6.07 Å². The first-order chi connectivity index (χ1) is 47.2. The smallest absolute Gasteiger partial charge is 0.200 e. The predicted octanol–water partition coefficient (Wildman–Crippen LogP) is 22.9. The van der Waals surface area contributed by atoms with Gasteiger partial charge in [-0.25, -0.2) is 22.0 Å². The van der Waals surface area contributed by atoms with Crippen molar-refractivity contribution in [2.24, 2.45) is 0 Å². The van der Waals surface area contributed by atoms with Crippen molar-refractivity contribution in [3.8, 4) is 45.3 Å². The minimum Gasteiger partial charge on any atom is -0.309 e. The Labute approximate surface area is 543 Å². The molecule has 0 saturated heterocycles. The van der Waals surface area contributed by atoms with Crippen LogP contribution in [0.15, 0.2) is 279 Å². The fraction of sp³-hybridized carbons (Fsp3) is 0.0118. The molecule has 0 saturated carbocycles. The molecule has 454 valence electrons. The van der Waals surface area contributed by atoms with Crippen LogP contribution in [0.25, 0.3) is 176 Å². The van der Waals surface area contributed by atoms with Crippen LogP contribution in [0.5, 0.6) is 0 Å². The quantitative estimate of drug-likeness (QED) is 0.0865. The van der Waals surface area contributed by atoms with E-state index in [9.17, 15) is 0 Å². The van der Waals surface area contributed by atoms with Gasteiger partial charge in [-0.05, 0) is 122 Å². The molecule has 0 amide bonds. The summed E-state index contributed by atoms with van der Waals surface area (Å²) in [4.78, 5) is 0. The normalized spacial score (nSPS) is 12.3. The second-order valence-corrected chi connectivity index (χ2v) is 25.0. The third kappa shape index (κ3) is 7.33. The van der Waals surface area contributed by atoms with Crippen LogP contribution in [-0.4, -0.2) is 27.4 Å². The van der Waals surface area contributed by atoms with E-state index in [-0.39, 0.29) is 11.3 Å². The van der Waals surface area contributed by atoms with Gasteiger partial charge in [-0.1, -0.05) is 170 Å². The maximum absolute atomic E-state index is 17.4. The molecule has 0 aliphatic rings. The van der Waals surface area contributed by atoms with Crippen molar-refractivity contribution in [3.63, 3.8) is 0 Å². The highest BCUT2D eigenvalue weighted by atomic mass is 19.2. The Bertz CT molecular complexity index is 6220. The van der Waals surface area contributed by atoms with Gasteiger partial charge in [0, 0.05) is 92.9 Å². The largest absolute Gasteiger partial charge is 0.309 e. The first kappa shape index (κ1) is 54.1. The summed E-state index contributed by atoms with van der Waals surface area (Å²) in [6, 6.07) is 95.3. The first-order valence-corrected chi connectivity index (χ1v) is 32.0. The Morgan fingerprint density at radius 1 is 0.208 bits per heavy atom. The second-order valence-electron chi connectivity index (χ2n) is 25.0. The summed E-state index contributed by atoms with van der Waals surface area (Å²) in [6.07, 6.45) is 0. The van der Waals surface area contributed by atoms with E-state index in [0.717, 1.165) is 143 Å². The number of hydrogen-bond donors (Lipinski definition) is 0. The number of fused-ring (bicyclic) bond motifs is 18. The SMILES string of the molecule is Cc1c(-n2c3cc(-n4c5ccccc5c5ccccc54)ccc3c3ccc(-n4c5ccccc5c5ccccc54)cc32)ccc(-c2c(F)c(F)c(F)c(F)c2F)c1-n1c2cc(-n3c4ccccc4c4ccccc43)ccc2c2ccc(-n3c4ccccc4c4ccccc43)cc21. The number of rotatable bonds is 7. The Balaban J connectivity index is 0.949. The molecule has 11 heteroatoms. The van der Waals surface area contributed by atoms with Crippen molar-refractivity contribution in [3.05, 3.63) is 314 Å². The fourth-order valence-electron chi connectivity index (χ4n) is 16.1. The lowest BCUT2D eigenvalue weighted by Crippen LogP contribution is -2.10. The van der Waals surface area contributed by atoms with Gasteiger partial charge in [0.1, 0.15) is 0 Å². The number of hydrogen-bond acceptors (Lipinski definition) is 0. The van der Waals surface area contributed by atoms with Crippen molar-refractivity contribution in [1.29, 1.82) is 0 Å². The summed E-state index contributed by atoms with van der Waals surface area (Å²) >= 11 is 0. The summed E-state index contributed by atoms with van der Waals surface area (Å²) in [5, 5.41) is 12.0. The maximum atomic E-state index is 17.4. The molecule has 0 bridgehead atoms. The molecular weight excluding hydrogens is 1200 g/mol. The minimum absolute atomic E-state index is 0.204. The number of para-hydroxylation sites is 8. The van der Waals surface area contributed by atoms with Gasteiger partial charge in [-0.15, -0.1) is 0 Å². The molecule has 6 heterocycles. The highest BCUT2D eigenvalue weighted by Crippen LogP contribution is 2.47. The van der Waals surface area contributed by atoms with E-state index < -0.39 is 34.6 Å². The van der Waals surface area contributed by atoms with Gasteiger partial charge in [0.2, 0.25) is 5.82 Å². The molecule has 0 spiro atoms. The standard InChI is InChI=1S/C85H49F5N6/c1-48-66(95-75-44-49(91-67-26-10-2-18-53(67)54-19-3-11-27-68(54)91)34-38-61(75)62-39-35-50(45-76(62)95)92-69-28-12-4-20-55(69)56-21-5-13-29-70(56)92)43-42-65(79-80(86)82(88)84(90)83(89)81(79)87)85(48)96-77-46-51(93-71-30-14-6-22-57(71)58-23-7-15-31-72(58)93)36-40-63(77)64-41-37-52(47-78(64)96)94-73-32-16-8-24-59(73)60-25-9-17-33-74(60)94/h2-47H,1H3. The minimum atomic E-state index is -2.24. The second kappa shape index (κ2) is 20.0. The molecule has 6 aromatic heterocycles. The van der Waals surface area contributed by atoms with Gasteiger partial charge in [-0.3, -0.25) is 0 Å². The maximum Gasteiger partial charge on any atom is 0.200 e. The summed E-state index contributed by atoms with van der Waals surface area (Å²) in [5.41, 5.74) is 14.2. The molecular formula is C85H49F5N6.